The van der Waals surface area contributed by atoms with Crippen molar-refractivity contribution in [3.05, 3.63) is 79.9 Å². The molecule has 1 N–H and O–H groups in total. The number of hydrogen-bond acceptors (Lipinski definition) is 7. The Balaban J connectivity index is 1.67. The van der Waals surface area contributed by atoms with Gasteiger partial charge in [0, 0.05) is 10.0 Å². The van der Waals surface area contributed by atoms with Gasteiger partial charge in [0.1, 0.15) is 13.2 Å². The first kappa shape index (κ1) is 22.9. The number of benzene rings is 2. The smallest absolute Gasteiger partial charge is 0.390 e. The number of para-hydroxylation sites is 1. The largest absolute Gasteiger partial charge is 0.493 e. The van der Waals surface area contributed by atoms with Crippen LogP contribution in [0.1, 0.15) is 16.8 Å². The topological polar surface area (TPSA) is 121 Å². The molecule has 0 aliphatic rings. The number of nitrogens with zero attached hydrogens (tertiary/aromatic N) is 4. The highest BCUT2D eigenvalue weighted by molar-refractivity contribution is 9.10. The van der Waals surface area contributed by atoms with Crippen molar-refractivity contribution in [2.75, 3.05) is 7.11 Å². The number of nitrogens with one attached hydrogen (secondary N) is 1. The van der Waals surface area contributed by atoms with Crippen molar-refractivity contribution in [3.63, 3.8) is 0 Å². The van der Waals surface area contributed by atoms with Crippen LogP contribution in [0.5, 0.6) is 11.5 Å². The van der Waals surface area contributed by atoms with Gasteiger partial charge in [0.05, 0.1) is 30.2 Å². The molecule has 0 spiro atoms. The van der Waals surface area contributed by atoms with Crippen molar-refractivity contribution in [3.8, 4) is 11.5 Å². The monoisotopic (exact) mass is 501 g/mol. The number of amides is 1. The Labute approximate surface area is 192 Å². The van der Waals surface area contributed by atoms with Crippen molar-refractivity contribution in [1.82, 2.24) is 15.2 Å². The van der Waals surface area contributed by atoms with Gasteiger partial charge >= 0.3 is 5.82 Å². The van der Waals surface area contributed by atoms with Gasteiger partial charge in [0.2, 0.25) is 0 Å². The summed E-state index contributed by atoms with van der Waals surface area (Å²) in [4.78, 5) is 22.4. The second-order valence-corrected chi connectivity index (χ2v) is 7.56. The summed E-state index contributed by atoms with van der Waals surface area (Å²) < 4.78 is 13.6. The molecule has 2 aromatic carbocycles. The zero-order chi connectivity index (χ0) is 23.1. The molecule has 0 saturated heterocycles. The first-order valence-corrected chi connectivity index (χ1v) is 10.2. The maximum absolute atomic E-state index is 12.2. The van der Waals surface area contributed by atoms with Gasteiger partial charge in [-0.25, -0.2) is 5.43 Å². The van der Waals surface area contributed by atoms with Crippen molar-refractivity contribution in [2.24, 2.45) is 5.10 Å². The van der Waals surface area contributed by atoms with E-state index in [0.717, 1.165) is 10.0 Å². The standard InChI is InChI=1S/C21H20BrN5O5/c1-14-10-19(27(29)30)25-26(14)12-20(28)24-23-11-16-4-3-5-18(31-2)21(16)32-13-15-6-8-17(22)9-7-15/h3-11H,12-13H2,1-2H3,(H,24,28). The molecule has 1 amide bonds. The normalized spacial score (nSPS) is 10.8. The Morgan fingerprint density at radius 1 is 1.31 bits per heavy atom. The number of carbonyl (C=O) groups excluding carboxylic acids is 1. The minimum Gasteiger partial charge on any atom is -0.493 e. The van der Waals surface area contributed by atoms with E-state index in [1.807, 2.05) is 24.3 Å². The fraction of sp³-hybridized carbons (Fsp3) is 0.190. The minimum atomic E-state index is -0.613. The number of nitro groups is 1. The summed E-state index contributed by atoms with van der Waals surface area (Å²) in [6.45, 7) is 1.74. The molecule has 0 aliphatic carbocycles. The highest BCUT2D eigenvalue weighted by atomic mass is 79.9. The summed E-state index contributed by atoms with van der Waals surface area (Å²) in [5, 5.41) is 18.6. The van der Waals surface area contributed by atoms with E-state index in [0.29, 0.717) is 29.4 Å². The summed E-state index contributed by atoms with van der Waals surface area (Å²) in [6, 6.07) is 14.3. The van der Waals surface area contributed by atoms with Crippen LogP contribution >= 0.6 is 15.9 Å². The van der Waals surface area contributed by atoms with Gasteiger partial charge < -0.3 is 19.6 Å². The number of carbonyl (C=O) groups is 1. The molecule has 3 rings (SSSR count). The first-order chi connectivity index (χ1) is 15.4. The third kappa shape index (κ3) is 5.91. The number of aromatic nitrogens is 2. The number of aryl methyl sites for hydroxylation is 1. The molecule has 166 valence electrons. The highest BCUT2D eigenvalue weighted by Crippen LogP contribution is 2.31. The van der Waals surface area contributed by atoms with Crippen LogP contribution in [0.2, 0.25) is 0 Å². The van der Waals surface area contributed by atoms with Crippen LogP contribution in [0.15, 0.2) is 58.1 Å². The zero-order valence-electron chi connectivity index (χ0n) is 17.3. The lowest BCUT2D eigenvalue weighted by Crippen LogP contribution is -2.24. The van der Waals surface area contributed by atoms with E-state index in [-0.39, 0.29) is 12.4 Å². The molecule has 1 aromatic heterocycles. The van der Waals surface area contributed by atoms with Gasteiger partial charge in [-0.3, -0.25) is 4.79 Å². The lowest BCUT2D eigenvalue weighted by atomic mass is 10.2. The van der Waals surface area contributed by atoms with Crippen LogP contribution in [0.4, 0.5) is 5.82 Å². The Hall–Kier alpha value is -3.73. The highest BCUT2D eigenvalue weighted by Gasteiger charge is 2.17. The minimum absolute atomic E-state index is 0.206. The number of hydrazone groups is 1. The van der Waals surface area contributed by atoms with Crippen LogP contribution < -0.4 is 14.9 Å². The Kier molecular flexibility index (Phi) is 7.55. The van der Waals surface area contributed by atoms with Crippen LogP contribution in [0, 0.1) is 17.0 Å². The van der Waals surface area contributed by atoms with Crippen molar-refractivity contribution in [1.29, 1.82) is 0 Å². The summed E-state index contributed by atoms with van der Waals surface area (Å²) in [6.07, 6.45) is 1.44. The second kappa shape index (κ2) is 10.5. The van der Waals surface area contributed by atoms with Gasteiger partial charge in [-0.15, -0.1) is 0 Å². The van der Waals surface area contributed by atoms with E-state index >= 15 is 0 Å². The third-order valence-corrected chi connectivity index (χ3v) is 4.90. The summed E-state index contributed by atoms with van der Waals surface area (Å²) in [7, 11) is 1.54. The third-order valence-electron chi connectivity index (χ3n) is 4.37. The van der Waals surface area contributed by atoms with Gasteiger partial charge in [-0.2, -0.15) is 9.78 Å². The predicted molar refractivity (Wildman–Crippen MR) is 121 cm³/mol. The summed E-state index contributed by atoms with van der Waals surface area (Å²) >= 11 is 3.40. The first-order valence-electron chi connectivity index (χ1n) is 9.42. The van der Waals surface area contributed by atoms with Gasteiger partial charge in [-0.1, -0.05) is 34.1 Å². The molecule has 10 nitrogen and oxygen atoms in total. The van der Waals surface area contributed by atoms with Crippen molar-refractivity contribution in [2.45, 2.75) is 20.1 Å². The van der Waals surface area contributed by atoms with Crippen LogP contribution in [-0.4, -0.2) is 33.9 Å². The van der Waals surface area contributed by atoms with Crippen LogP contribution in [-0.2, 0) is 17.9 Å². The molecule has 1 heterocycles. The van der Waals surface area contributed by atoms with E-state index in [1.165, 1.54) is 24.1 Å². The maximum Gasteiger partial charge on any atom is 0.390 e. The molecule has 0 fully saturated rings. The summed E-state index contributed by atoms with van der Waals surface area (Å²) in [5.41, 5.74) is 4.46. The van der Waals surface area contributed by atoms with Crippen molar-refractivity contribution < 1.29 is 19.2 Å². The molecular formula is C21H20BrN5O5. The van der Waals surface area contributed by atoms with Gasteiger partial charge in [0.25, 0.3) is 5.91 Å². The van der Waals surface area contributed by atoms with E-state index in [2.05, 4.69) is 31.6 Å². The van der Waals surface area contributed by atoms with E-state index in [1.54, 1.807) is 25.1 Å². The molecule has 0 radical (unpaired) electrons. The maximum atomic E-state index is 12.2. The Morgan fingerprint density at radius 3 is 2.72 bits per heavy atom. The zero-order valence-corrected chi connectivity index (χ0v) is 18.9. The van der Waals surface area contributed by atoms with E-state index in [9.17, 15) is 14.9 Å². The van der Waals surface area contributed by atoms with E-state index < -0.39 is 10.8 Å². The fourth-order valence-electron chi connectivity index (χ4n) is 2.77. The number of halogens is 1. The van der Waals surface area contributed by atoms with Crippen LogP contribution in [0.25, 0.3) is 0 Å². The quantitative estimate of drug-likeness (QED) is 0.271. The fourth-order valence-corrected chi connectivity index (χ4v) is 3.04. The van der Waals surface area contributed by atoms with Gasteiger partial charge in [-0.05, 0) is 41.7 Å². The molecule has 0 bridgehead atoms. The van der Waals surface area contributed by atoms with Gasteiger partial charge in [0.15, 0.2) is 11.5 Å². The molecule has 32 heavy (non-hydrogen) atoms. The molecule has 0 unspecified atom stereocenters. The van der Waals surface area contributed by atoms with E-state index in [4.69, 9.17) is 9.47 Å². The predicted octanol–water partition coefficient (Wildman–Crippen LogP) is 3.60. The number of ether oxygens (including phenoxy) is 2. The average Bonchev–Trinajstić information content (AvgIpc) is 3.14. The SMILES string of the molecule is COc1cccc(C=NNC(=O)Cn2nc([N+](=O)[O-])cc2C)c1OCc1ccc(Br)cc1. The number of methoxy groups -OCH3 is 1. The number of rotatable bonds is 9. The second-order valence-electron chi connectivity index (χ2n) is 6.65. The summed E-state index contributed by atoms with van der Waals surface area (Å²) in [5.74, 6) is 0.205. The number of hydrogen-bond donors (Lipinski definition) is 1. The molecule has 0 atom stereocenters. The van der Waals surface area contributed by atoms with Crippen LogP contribution in [0.3, 0.4) is 0 Å². The van der Waals surface area contributed by atoms with Crippen molar-refractivity contribution >= 4 is 33.9 Å². The Bertz CT molecular complexity index is 1140. The average molecular weight is 502 g/mol. The molecule has 11 heteroatoms. The molecule has 0 aliphatic heterocycles. The molecule has 3 aromatic rings. The lowest BCUT2D eigenvalue weighted by molar-refractivity contribution is -0.389. The lowest BCUT2D eigenvalue weighted by Gasteiger charge is -2.13. The Morgan fingerprint density at radius 2 is 2.06 bits per heavy atom. The molecular weight excluding hydrogens is 482 g/mol. The molecule has 0 saturated carbocycles.